The Labute approximate surface area is 70.2 Å². The molecule has 0 radical (unpaired) electrons. The minimum Gasteiger partial charge on any atom is -0.362 e. The van der Waals surface area contributed by atoms with E-state index in [9.17, 15) is 0 Å². The molecular formula is C9H9N3. The van der Waals surface area contributed by atoms with E-state index in [1.807, 2.05) is 30.5 Å². The Kier molecular flexibility index (Phi) is 1.78. The maximum atomic E-state index is 4.06. The average molecular weight is 159 g/mol. The highest BCUT2D eigenvalue weighted by Crippen LogP contribution is 2.00. The normalized spacial score (nSPS) is 11.0. The molecule has 0 amide bonds. The van der Waals surface area contributed by atoms with Gasteiger partial charge >= 0.3 is 0 Å². The fourth-order valence-electron chi connectivity index (χ4n) is 0.985. The standard InChI is InChI=1S/C9H9N3/c1-2-8(10-5-1)3-4-9-11-6-7-12-9/h1-7,10H,(H,11,12). The molecule has 0 aromatic carbocycles. The van der Waals surface area contributed by atoms with Gasteiger partial charge in [-0.05, 0) is 24.3 Å². The SMILES string of the molecule is C(=Cc1ncc[nH]1)c1ccc[nH]1. The molecule has 60 valence electrons. The van der Waals surface area contributed by atoms with Gasteiger partial charge in [0.1, 0.15) is 5.82 Å². The topological polar surface area (TPSA) is 44.5 Å². The molecule has 0 aliphatic carbocycles. The summed E-state index contributed by atoms with van der Waals surface area (Å²) in [6.45, 7) is 0. The van der Waals surface area contributed by atoms with E-state index in [4.69, 9.17) is 0 Å². The lowest BCUT2D eigenvalue weighted by molar-refractivity contribution is 1.27. The van der Waals surface area contributed by atoms with E-state index < -0.39 is 0 Å². The Morgan fingerprint density at radius 1 is 1.17 bits per heavy atom. The van der Waals surface area contributed by atoms with Crippen LogP contribution in [0.5, 0.6) is 0 Å². The van der Waals surface area contributed by atoms with Crippen LogP contribution in [0, 0.1) is 0 Å². The van der Waals surface area contributed by atoms with E-state index in [-0.39, 0.29) is 0 Å². The number of aromatic amines is 2. The van der Waals surface area contributed by atoms with Gasteiger partial charge in [-0.25, -0.2) is 4.98 Å². The Bertz CT molecular complexity index is 307. The molecule has 0 atom stereocenters. The van der Waals surface area contributed by atoms with E-state index in [1.54, 1.807) is 12.4 Å². The van der Waals surface area contributed by atoms with Crippen LogP contribution in [-0.2, 0) is 0 Å². The molecule has 0 bridgehead atoms. The molecule has 2 rings (SSSR count). The minimum absolute atomic E-state index is 0.865. The van der Waals surface area contributed by atoms with E-state index in [0.29, 0.717) is 0 Å². The number of H-pyrrole nitrogens is 2. The van der Waals surface area contributed by atoms with Gasteiger partial charge in [-0.3, -0.25) is 0 Å². The van der Waals surface area contributed by atoms with Crippen LogP contribution in [0.15, 0.2) is 30.7 Å². The highest BCUT2D eigenvalue weighted by Gasteiger charge is 1.86. The fourth-order valence-corrected chi connectivity index (χ4v) is 0.985. The summed E-state index contributed by atoms with van der Waals surface area (Å²) in [6.07, 6.45) is 9.31. The van der Waals surface area contributed by atoms with Crippen LogP contribution in [0.3, 0.4) is 0 Å². The van der Waals surface area contributed by atoms with Crippen molar-refractivity contribution in [1.82, 2.24) is 15.0 Å². The third-order valence-electron chi connectivity index (χ3n) is 1.56. The zero-order chi connectivity index (χ0) is 8.23. The number of imidazole rings is 1. The lowest BCUT2D eigenvalue weighted by Crippen LogP contribution is -1.73. The van der Waals surface area contributed by atoms with Gasteiger partial charge in [0.15, 0.2) is 0 Å². The molecule has 0 saturated carbocycles. The molecule has 0 unspecified atom stereocenters. The lowest BCUT2D eigenvalue weighted by Gasteiger charge is -1.83. The summed E-state index contributed by atoms with van der Waals surface area (Å²) in [5, 5.41) is 0. The van der Waals surface area contributed by atoms with Crippen molar-refractivity contribution < 1.29 is 0 Å². The predicted molar refractivity (Wildman–Crippen MR) is 48.3 cm³/mol. The third kappa shape index (κ3) is 1.45. The van der Waals surface area contributed by atoms with Crippen molar-refractivity contribution in [1.29, 1.82) is 0 Å². The quantitative estimate of drug-likeness (QED) is 0.690. The average Bonchev–Trinajstić information content (AvgIpc) is 2.74. The first-order valence-electron chi connectivity index (χ1n) is 3.76. The number of hydrogen-bond acceptors (Lipinski definition) is 1. The molecule has 2 aromatic rings. The molecule has 12 heavy (non-hydrogen) atoms. The number of nitrogens with zero attached hydrogens (tertiary/aromatic N) is 1. The Morgan fingerprint density at radius 2 is 2.17 bits per heavy atom. The molecule has 0 aliphatic rings. The van der Waals surface area contributed by atoms with Crippen LogP contribution in [0.4, 0.5) is 0 Å². The van der Waals surface area contributed by atoms with Crippen molar-refractivity contribution in [3.05, 3.63) is 42.2 Å². The van der Waals surface area contributed by atoms with Crippen LogP contribution < -0.4 is 0 Å². The highest BCUT2D eigenvalue weighted by atomic mass is 14.9. The van der Waals surface area contributed by atoms with Gasteiger partial charge in [-0.15, -0.1) is 0 Å². The number of nitrogens with one attached hydrogen (secondary N) is 2. The van der Waals surface area contributed by atoms with Gasteiger partial charge in [-0.2, -0.15) is 0 Å². The summed E-state index contributed by atoms with van der Waals surface area (Å²) >= 11 is 0. The maximum absolute atomic E-state index is 4.06. The van der Waals surface area contributed by atoms with Gasteiger partial charge in [-0.1, -0.05) is 0 Å². The van der Waals surface area contributed by atoms with Gasteiger partial charge in [0, 0.05) is 24.3 Å². The number of rotatable bonds is 2. The molecule has 3 heteroatoms. The summed E-state index contributed by atoms with van der Waals surface area (Å²) in [6, 6.07) is 3.96. The van der Waals surface area contributed by atoms with Crippen LogP contribution in [0.25, 0.3) is 12.2 Å². The van der Waals surface area contributed by atoms with Crippen molar-refractivity contribution in [2.24, 2.45) is 0 Å². The first-order valence-corrected chi connectivity index (χ1v) is 3.76. The van der Waals surface area contributed by atoms with E-state index >= 15 is 0 Å². The number of aromatic nitrogens is 3. The second-order valence-corrected chi connectivity index (χ2v) is 2.43. The predicted octanol–water partition coefficient (Wildman–Crippen LogP) is 1.91. The van der Waals surface area contributed by atoms with Gasteiger partial charge < -0.3 is 9.97 Å². The van der Waals surface area contributed by atoms with Crippen LogP contribution in [0.1, 0.15) is 11.5 Å². The molecular weight excluding hydrogens is 150 g/mol. The van der Waals surface area contributed by atoms with Crippen LogP contribution in [0.2, 0.25) is 0 Å². The highest BCUT2D eigenvalue weighted by molar-refractivity contribution is 5.64. The second-order valence-electron chi connectivity index (χ2n) is 2.43. The first-order chi connectivity index (χ1) is 5.95. The summed E-state index contributed by atoms with van der Waals surface area (Å²) in [5.41, 5.74) is 1.08. The molecule has 0 spiro atoms. The van der Waals surface area contributed by atoms with Crippen LogP contribution >= 0.6 is 0 Å². The first kappa shape index (κ1) is 6.91. The summed E-state index contributed by atoms with van der Waals surface area (Å²) in [5.74, 6) is 0.865. The van der Waals surface area contributed by atoms with E-state index in [1.165, 1.54) is 0 Å². The van der Waals surface area contributed by atoms with Crippen LogP contribution in [-0.4, -0.2) is 15.0 Å². The van der Waals surface area contributed by atoms with Gasteiger partial charge in [0.05, 0.1) is 0 Å². The molecule has 0 saturated heterocycles. The summed E-state index contributed by atoms with van der Waals surface area (Å²) in [4.78, 5) is 10.1. The van der Waals surface area contributed by atoms with Crippen molar-refractivity contribution >= 4 is 12.2 Å². The molecule has 2 heterocycles. The largest absolute Gasteiger partial charge is 0.362 e. The Hall–Kier alpha value is -1.77. The smallest absolute Gasteiger partial charge is 0.129 e. The summed E-state index contributed by atoms with van der Waals surface area (Å²) < 4.78 is 0. The molecule has 2 aromatic heterocycles. The zero-order valence-corrected chi connectivity index (χ0v) is 6.49. The molecule has 3 nitrogen and oxygen atoms in total. The lowest BCUT2D eigenvalue weighted by atomic mass is 10.4. The van der Waals surface area contributed by atoms with Gasteiger partial charge in [0.25, 0.3) is 0 Å². The van der Waals surface area contributed by atoms with E-state index in [0.717, 1.165) is 11.5 Å². The fraction of sp³-hybridized carbons (Fsp3) is 0. The summed E-state index contributed by atoms with van der Waals surface area (Å²) in [7, 11) is 0. The van der Waals surface area contributed by atoms with E-state index in [2.05, 4.69) is 15.0 Å². The number of hydrogen-bond donors (Lipinski definition) is 2. The molecule has 0 fully saturated rings. The van der Waals surface area contributed by atoms with Crippen molar-refractivity contribution in [3.8, 4) is 0 Å². The maximum Gasteiger partial charge on any atom is 0.129 e. The Morgan fingerprint density at radius 3 is 2.83 bits per heavy atom. The third-order valence-corrected chi connectivity index (χ3v) is 1.56. The monoisotopic (exact) mass is 159 g/mol. The molecule has 2 N–H and O–H groups in total. The molecule has 0 aliphatic heterocycles. The Balaban J connectivity index is 2.14. The van der Waals surface area contributed by atoms with Crippen molar-refractivity contribution in [3.63, 3.8) is 0 Å². The second kappa shape index (κ2) is 3.09. The van der Waals surface area contributed by atoms with Gasteiger partial charge in [0.2, 0.25) is 0 Å². The van der Waals surface area contributed by atoms with Crippen molar-refractivity contribution in [2.75, 3.05) is 0 Å². The van der Waals surface area contributed by atoms with Crippen molar-refractivity contribution in [2.45, 2.75) is 0 Å². The minimum atomic E-state index is 0.865. The zero-order valence-electron chi connectivity index (χ0n) is 6.49.